The molecule has 0 unspecified atom stereocenters. The second kappa shape index (κ2) is 6.66. The highest BCUT2D eigenvalue weighted by Crippen LogP contribution is 2.21. The number of fused-ring (bicyclic) bond motifs is 1. The molecule has 0 saturated heterocycles. The number of esters is 1. The van der Waals surface area contributed by atoms with Crippen molar-refractivity contribution < 1.29 is 23.9 Å². The number of carbonyl (C=O) groups is 4. The second-order valence-corrected chi connectivity index (χ2v) is 4.50. The predicted octanol–water partition coefficient (Wildman–Crippen LogP) is 0.128. The third-order valence-electron chi connectivity index (χ3n) is 2.97. The number of ether oxygens (including phenoxy) is 1. The van der Waals surface area contributed by atoms with Gasteiger partial charge in [-0.3, -0.25) is 24.1 Å². The standard InChI is InChI=1S/C15H14N2O5/c1-2-7-16-12(18)9-22-13(19)8-17-14(20)10-5-3-4-6-11(10)15(17)21/h2-6H,1,7-9H2,(H,16,18). The maximum Gasteiger partial charge on any atom is 0.326 e. The summed E-state index contributed by atoms with van der Waals surface area (Å²) in [5.41, 5.74) is 0.507. The molecule has 7 heteroatoms. The molecule has 0 fully saturated rings. The quantitative estimate of drug-likeness (QED) is 0.458. The highest BCUT2D eigenvalue weighted by Gasteiger charge is 2.36. The Bertz CT molecular complexity index is 618. The van der Waals surface area contributed by atoms with Crippen LogP contribution < -0.4 is 5.32 Å². The molecule has 0 bridgehead atoms. The average molecular weight is 302 g/mol. The number of nitrogens with one attached hydrogen (secondary N) is 1. The molecule has 7 nitrogen and oxygen atoms in total. The van der Waals surface area contributed by atoms with E-state index >= 15 is 0 Å². The first kappa shape index (κ1) is 15.4. The molecule has 0 saturated carbocycles. The number of hydrogen-bond donors (Lipinski definition) is 1. The molecular weight excluding hydrogens is 288 g/mol. The molecule has 2 rings (SSSR count). The topological polar surface area (TPSA) is 92.8 Å². The molecule has 1 heterocycles. The van der Waals surface area contributed by atoms with Crippen LogP contribution in [0, 0.1) is 0 Å². The normalized spacial score (nSPS) is 12.8. The summed E-state index contributed by atoms with van der Waals surface area (Å²) in [4.78, 5) is 47.8. The summed E-state index contributed by atoms with van der Waals surface area (Å²) >= 11 is 0. The first-order chi connectivity index (χ1) is 10.5. The number of amides is 3. The summed E-state index contributed by atoms with van der Waals surface area (Å²) in [5.74, 6) is -2.42. The zero-order valence-corrected chi connectivity index (χ0v) is 11.7. The van der Waals surface area contributed by atoms with Gasteiger partial charge in [0, 0.05) is 6.54 Å². The molecule has 1 aliphatic rings. The number of hydrogen-bond acceptors (Lipinski definition) is 5. The van der Waals surface area contributed by atoms with Crippen LogP contribution in [0.2, 0.25) is 0 Å². The Kier molecular flexibility index (Phi) is 4.67. The van der Waals surface area contributed by atoms with Gasteiger partial charge in [-0.2, -0.15) is 0 Å². The lowest BCUT2D eigenvalue weighted by Gasteiger charge is -2.12. The van der Waals surface area contributed by atoms with Gasteiger partial charge in [-0.05, 0) is 12.1 Å². The summed E-state index contributed by atoms with van der Waals surface area (Å²) in [7, 11) is 0. The van der Waals surface area contributed by atoms with E-state index in [1.807, 2.05) is 0 Å². The largest absolute Gasteiger partial charge is 0.454 e. The van der Waals surface area contributed by atoms with Crippen molar-refractivity contribution in [3.8, 4) is 0 Å². The van der Waals surface area contributed by atoms with Crippen LogP contribution in [-0.4, -0.2) is 48.3 Å². The van der Waals surface area contributed by atoms with Gasteiger partial charge >= 0.3 is 5.97 Å². The predicted molar refractivity (Wildman–Crippen MR) is 76.0 cm³/mol. The van der Waals surface area contributed by atoms with Crippen molar-refractivity contribution in [1.29, 1.82) is 0 Å². The molecule has 0 spiro atoms. The number of rotatable bonds is 6. The first-order valence-corrected chi connectivity index (χ1v) is 6.53. The average Bonchev–Trinajstić information content (AvgIpc) is 2.76. The van der Waals surface area contributed by atoms with Crippen LogP contribution in [0.25, 0.3) is 0 Å². The van der Waals surface area contributed by atoms with Gasteiger partial charge in [0.1, 0.15) is 6.54 Å². The number of nitrogens with zero attached hydrogens (tertiary/aromatic N) is 1. The summed E-state index contributed by atoms with van der Waals surface area (Å²) < 4.78 is 4.73. The van der Waals surface area contributed by atoms with Gasteiger partial charge in [0.25, 0.3) is 17.7 Å². The van der Waals surface area contributed by atoms with E-state index in [2.05, 4.69) is 11.9 Å². The minimum Gasteiger partial charge on any atom is -0.454 e. The maximum absolute atomic E-state index is 12.0. The second-order valence-electron chi connectivity index (χ2n) is 4.50. The lowest BCUT2D eigenvalue weighted by Crippen LogP contribution is -2.37. The van der Waals surface area contributed by atoms with Crippen molar-refractivity contribution in [2.75, 3.05) is 19.7 Å². The van der Waals surface area contributed by atoms with Crippen molar-refractivity contribution in [2.24, 2.45) is 0 Å². The minimum atomic E-state index is -0.830. The lowest BCUT2D eigenvalue weighted by molar-refractivity contribution is -0.148. The van der Waals surface area contributed by atoms with E-state index in [9.17, 15) is 19.2 Å². The Morgan fingerprint density at radius 3 is 2.32 bits per heavy atom. The molecule has 22 heavy (non-hydrogen) atoms. The highest BCUT2D eigenvalue weighted by atomic mass is 16.5. The summed E-state index contributed by atoms with van der Waals surface area (Å²) in [6.07, 6.45) is 1.48. The lowest BCUT2D eigenvalue weighted by atomic mass is 10.1. The van der Waals surface area contributed by atoms with Crippen molar-refractivity contribution in [3.63, 3.8) is 0 Å². The number of benzene rings is 1. The van der Waals surface area contributed by atoms with Gasteiger partial charge in [-0.25, -0.2) is 0 Å². The Morgan fingerprint density at radius 2 is 1.77 bits per heavy atom. The van der Waals surface area contributed by atoms with Crippen LogP contribution in [0.15, 0.2) is 36.9 Å². The van der Waals surface area contributed by atoms with E-state index in [0.717, 1.165) is 4.90 Å². The van der Waals surface area contributed by atoms with Crippen molar-refractivity contribution >= 4 is 23.7 Å². The molecule has 0 aromatic heterocycles. The molecule has 114 valence electrons. The van der Waals surface area contributed by atoms with Crippen LogP contribution >= 0.6 is 0 Å². The molecule has 0 aliphatic carbocycles. The molecule has 1 aromatic carbocycles. The molecule has 3 amide bonds. The monoisotopic (exact) mass is 302 g/mol. The first-order valence-electron chi connectivity index (χ1n) is 6.53. The molecule has 1 aliphatic heterocycles. The molecule has 0 atom stereocenters. The van der Waals surface area contributed by atoms with E-state index in [-0.39, 0.29) is 17.7 Å². The van der Waals surface area contributed by atoms with E-state index in [4.69, 9.17) is 4.74 Å². The van der Waals surface area contributed by atoms with Gasteiger partial charge in [0.2, 0.25) is 0 Å². The smallest absolute Gasteiger partial charge is 0.326 e. The Balaban J connectivity index is 1.91. The van der Waals surface area contributed by atoms with Crippen molar-refractivity contribution in [2.45, 2.75) is 0 Å². The van der Waals surface area contributed by atoms with E-state index in [1.54, 1.807) is 12.1 Å². The summed E-state index contributed by atoms with van der Waals surface area (Å²) in [6.45, 7) is 2.68. The third-order valence-corrected chi connectivity index (χ3v) is 2.97. The summed E-state index contributed by atoms with van der Waals surface area (Å²) in [6, 6.07) is 6.30. The maximum atomic E-state index is 12.0. The molecule has 1 aromatic rings. The number of imide groups is 1. The SMILES string of the molecule is C=CCNC(=O)COC(=O)CN1C(=O)c2ccccc2C1=O. The van der Waals surface area contributed by atoms with E-state index in [1.165, 1.54) is 18.2 Å². The van der Waals surface area contributed by atoms with Crippen LogP contribution in [-0.2, 0) is 14.3 Å². The van der Waals surface area contributed by atoms with Gasteiger partial charge in [-0.15, -0.1) is 6.58 Å². The zero-order valence-electron chi connectivity index (χ0n) is 11.7. The van der Waals surface area contributed by atoms with Crippen LogP contribution in [0.1, 0.15) is 20.7 Å². The fourth-order valence-electron chi connectivity index (χ4n) is 1.94. The molecular formula is C15H14N2O5. The molecule has 1 N–H and O–H groups in total. The van der Waals surface area contributed by atoms with Crippen molar-refractivity contribution in [1.82, 2.24) is 10.2 Å². The minimum absolute atomic E-state index is 0.254. The zero-order chi connectivity index (χ0) is 16.1. The van der Waals surface area contributed by atoms with Crippen LogP contribution in [0.5, 0.6) is 0 Å². The van der Waals surface area contributed by atoms with Crippen LogP contribution in [0.3, 0.4) is 0 Å². The third kappa shape index (κ3) is 3.20. The molecule has 0 radical (unpaired) electrons. The summed E-state index contributed by atoms with van der Waals surface area (Å²) in [5, 5.41) is 2.43. The van der Waals surface area contributed by atoms with Gasteiger partial charge in [0.05, 0.1) is 11.1 Å². The van der Waals surface area contributed by atoms with Gasteiger partial charge < -0.3 is 10.1 Å². The van der Waals surface area contributed by atoms with Crippen LogP contribution in [0.4, 0.5) is 0 Å². The fraction of sp³-hybridized carbons (Fsp3) is 0.200. The Labute approximate surface area is 126 Å². The van der Waals surface area contributed by atoms with Gasteiger partial charge in [-0.1, -0.05) is 18.2 Å². The fourth-order valence-corrected chi connectivity index (χ4v) is 1.94. The van der Waals surface area contributed by atoms with Gasteiger partial charge in [0.15, 0.2) is 6.61 Å². The van der Waals surface area contributed by atoms with E-state index < -0.39 is 36.8 Å². The van der Waals surface area contributed by atoms with E-state index in [0.29, 0.717) is 0 Å². The highest BCUT2D eigenvalue weighted by molar-refractivity contribution is 6.22. The Morgan fingerprint density at radius 1 is 1.18 bits per heavy atom. The van der Waals surface area contributed by atoms with Crippen molar-refractivity contribution in [3.05, 3.63) is 48.0 Å². The Hall–Kier alpha value is -2.96. The number of carbonyl (C=O) groups excluding carboxylic acids is 4.